The summed E-state index contributed by atoms with van der Waals surface area (Å²) in [5.41, 5.74) is 0.910. The Morgan fingerprint density at radius 2 is 2.21 bits per heavy atom. The summed E-state index contributed by atoms with van der Waals surface area (Å²) in [5, 5.41) is 0. The molecule has 0 aromatic carbocycles. The molecule has 0 bridgehead atoms. The van der Waals surface area contributed by atoms with Crippen molar-refractivity contribution in [2.75, 3.05) is 6.61 Å². The van der Waals surface area contributed by atoms with Crippen molar-refractivity contribution < 1.29 is 9.53 Å². The van der Waals surface area contributed by atoms with E-state index in [0.717, 1.165) is 12.0 Å². The zero-order valence-electron chi connectivity index (χ0n) is 8.95. The molecule has 78 valence electrons. The zero-order chi connectivity index (χ0) is 10.8. The summed E-state index contributed by atoms with van der Waals surface area (Å²) in [6, 6.07) is 0. The highest BCUT2D eigenvalue weighted by Gasteiger charge is 2.00. The molecule has 0 N–H and O–H groups in total. The van der Waals surface area contributed by atoms with Crippen LogP contribution >= 0.6 is 0 Å². The fraction of sp³-hybridized carbons (Fsp3) is 0.417. The van der Waals surface area contributed by atoms with E-state index in [-0.39, 0.29) is 5.97 Å². The van der Waals surface area contributed by atoms with E-state index >= 15 is 0 Å². The highest BCUT2D eigenvalue weighted by atomic mass is 16.5. The van der Waals surface area contributed by atoms with Gasteiger partial charge in [-0.05, 0) is 18.9 Å². The molecule has 0 rings (SSSR count). The summed E-state index contributed by atoms with van der Waals surface area (Å²) in [6.45, 7) is 7.84. The van der Waals surface area contributed by atoms with Gasteiger partial charge in [0.25, 0.3) is 0 Å². The lowest BCUT2D eigenvalue weighted by Crippen LogP contribution is -2.05. The normalized spacial score (nSPS) is 11.7. The van der Waals surface area contributed by atoms with E-state index in [9.17, 15) is 4.79 Å². The van der Waals surface area contributed by atoms with E-state index in [2.05, 4.69) is 6.58 Å². The minimum atomic E-state index is -0.152. The van der Waals surface area contributed by atoms with E-state index in [1.165, 1.54) is 0 Å². The molecule has 2 heteroatoms. The van der Waals surface area contributed by atoms with Crippen LogP contribution in [0.1, 0.15) is 26.7 Å². The fourth-order valence-corrected chi connectivity index (χ4v) is 0.835. The Kier molecular flexibility index (Phi) is 7.52. The van der Waals surface area contributed by atoms with Crippen LogP contribution in [0, 0.1) is 0 Å². The van der Waals surface area contributed by atoms with Gasteiger partial charge in [0.1, 0.15) is 6.61 Å². The van der Waals surface area contributed by atoms with Gasteiger partial charge in [-0.15, -0.1) is 0 Å². The maximum Gasteiger partial charge on any atom is 0.306 e. The first-order chi connectivity index (χ1) is 6.74. The second-order valence-electron chi connectivity index (χ2n) is 2.88. The average Bonchev–Trinajstić information content (AvgIpc) is 2.19. The predicted octanol–water partition coefficient (Wildman–Crippen LogP) is 3.02. The van der Waals surface area contributed by atoms with Crippen LogP contribution < -0.4 is 0 Å². The van der Waals surface area contributed by atoms with Crippen molar-refractivity contribution in [2.45, 2.75) is 26.7 Å². The van der Waals surface area contributed by atoms with E-state index in [4.69, 9.17) is 4.74 Å². The summed E-state index contributed by atoms with van der Waals surface area (Å²) in [4.78, 5) is 11.0. The molecular weight excluding hydrogens is 176 g/mol. The molecule has 0 unspecified atom stereocenters. The molecular formula is C12H18O2. The number of hydrogen-bond acceptors (Lipinski definition) is 2. The standard InChI is InChI=1S/C12H18O2/c1-4-7-9-11(6-3)10-14-12(13)8-5-2/h4,6-7,9H,3,5,8,10H2,1-2H3/b7-4-,11-9+. The van der Waals surface area contributed by atoms with E-state index in [0.29, 0.717) is 13.0 Å². The first kappa shape index (κ1) is 12.7. The van der Waals surface area contributed by atoms with Gasteiger partial charge in [-0.25, -0.2) is 0 Å². The van der Waals surface area contributed by atoms with Gasteiger partial charge >= 0.3 is 5.97 Å². The van der Waals surface area contributed by atoms with Gasteiger partial charge in [-0.3, -0.25) is 4.79 Å². The highest BCUT2D eigenvalue weighted by molar-refractivity contribution is 5.69. The Bertz CT molecular complexity index is 237. The topological polar surface area (TPSA) is 26.3 Å². The molecule has 0 heterocycles. The van der Waals surface area contributed by atoms with Crippen molar-refractivity contribution in [3.05, 3.63) is 36.5 Å². The van der Waals surface area contributed by atoms with Crippen LogP contribution in [0.15, 0.2) is 36.5 Å². The van der Waals surface area contributed by atoms with Crippen molar-refractivity contribution in [3.8, 4) is 0 Å². The maximum absolute atomic E-state index is 11.0. The van der Waals surface area contributed by atoms with Crippen molar-refractivity contribution in [2.24, 2.45) is 0 Å². The van der Waals surface area contributed by atoms with Crippen LogP contribution in [0.3, 0.4) is 0 Å². The molecule has 0 aliphatic heterocycles. The van der Waals surface area contributed by atoms with Crippen molar-refractivity contribution >= 4 is 5.97 Å². The minimum absolute atomic E-state index is 0.152. The minimum Gasteiger partial charge on any atom is -0.461 e. The van der Waals surface area contributed by atoms with Crippen molar-refractivity contribution in [1.29, 1.82) is 0 Å². The number of rotatable bonds is 6. The monoisotopic (exact) mass is 194 g/mol. The van der Waals surface area contributed by atoms with Crippen LogP contribution in [-0.2, 0) is 9.53 Å². The number of allylic oxidation sites excluding steroid dienone is 3. The number of hydrogen-bond donors (Lipinski definition) is 0. The van der Waals surface area contributed by atoms with Crippen molar-refractivity contribution in [1.82, 2.24) is 0 Å². The van der Waals surface area contributed by atoms with Gasteiger partial charge < -0.3 is 4.74 Å². The molecule has 0 aromatic rings. The molecule has 0 aliphatic carbocycles. The Morgan fingerprint density at radius 3 is 2.71 bits per heavy atom. The third kappa shape index (κ3) is 6.23. The largest absolute Gasteiger partial charge is 0.461 e. The Hall–Kier alpha value is -1.31. The molecule has 0 saturated carbocycles. The van der Waals surface area contributed by atoms with Gasteiger partial charge in [0.05, 0.1) is 0 Å². The molecule has 0 amide bonds. The smallest absolute Gasteiger partial charge is 0.306 e. The van der Waals surface area contributed by atoms with Crippen LogP contribution in [0.4, 0.5) is 0 Å². The summed E-state index contributed by atoms with van der Waals surface area (Å²) in [7, 11) is 0. The number of ether oxygens (including phenoxy) is 1. The molecule has 0 spiro atoms. The average molecular weight is 194 g/mol. The summed E-state index contributed by atoms with van der Waals surface area (Å²) < 4.78 is 5.02. The summed E-state index contributed by atoms with van der Waals surface area (Å²) in [5.74, 6) is -0.152. The SMILES string of the molecule is C=C/C(=C\C=C/C)COC(=O)CCC. The van der Waals surface area contributed by atoms with Gasteiger partial charge in [0.2, 0.25) is 0 Å². The summed E-state index contributed by atoms with van der Waals surface area (Å²) in [6.07, 6.45) is 8.68. The maximum atomic E-state index is 11.0. The second-order valence-corrected chi connectivity index (χ2v) is 2.88. The lowest BCUT2D eigenvalue weighted by atomic mass is 10.2. The molecule has 0 radical (unpaired) electrons. The van der Waals surface area contributed by atoms with Crippen LogP contribution in [0.5, 0.6) is 0 Å². The zero-order valence-corrected chi connectivity index (χ0v) is 8.95. The molecule has 0 aromatic heterocycles. The Balaban J connectivity index is 3.95. The molecule has 0 atom stereocenters. The highest BCUT2D eigenvalue weighted by Crippen LogP contribution is 2.00. The first-order valence-corrected chi connectivity index (χ1v) is 4.84. The molecule has 0 fully saturated rings. The Morgan fingerprint density at radius 1 is 1.50 bits per heavy atom. The number of carbonyl (C=O) groups excluding carboxylic acids is 1. The third-order valence-electron chi connectivity index (χ3n) is 1.62. The lowest BCUT2D eigenvalue weighted by Gasteiger charge is -2.03. The predicted molar refractivity (Wildman–Crippen MR) is 59.0 cm³/mol. The molecule has 14 heavy (non-hydrogen) atoms. The van der Waals surface area contributed by atoms with Crippen LogP contribution in [-0.4, -0.2) is 12.6 Å². The van der Waals surface area contributed by atoms with Gasteiger partial charge in [-0.2, -0.15) is 0 Å². The van der Waals surface area contributed by atoms with Gasteiger partial charge in [0, 0.05) is 6.42 Å². The summed E-state index contributed by atoms with van der Waals surface area (Å²) >= 11 is 0. The fourth-order valence-electron chi connectivity index (χ4n) is 0.835. The van der Waals surface area contributed by atoms with Crippen LogP contribution in [0.25, 0.3) is 0 Å². The number of carbonyl (C=O) groups is 1. The first-order valence-electron chi connectivity index (χ1n) is 4.84. The quantitative estimate of drug-likeness (QED) is 0.480. The number of esters is 1. The molecule has 0 aliphatic rings. The third-order valence-corrected chi connectivity index (χ3v) is 1.62. The van der Waals surface area contributed by atoms with E-state index in [1.54, 1.807) is 6.08 Å². The van der Waals surface area contributed by atoms with Gasteiger partial charge in [0.15, 0.2) is 0 Å². The molecule has 0 saturated heterocycles. The Labute approximate surface area is 86.0 Å². The lowest BCUT2D eigenvalue weighted by molar-refractivity contribution is -0.142. The van der Waals surface area contributed by atoms with E-state index < -0.39 is 0 Å². The second kappa shape index (κ2) is 8.30. The van der Waals surface area contributed by atoms with Crippen molar-refractivity contribution in [3.63, 3.8) is 0 Å². The molecule has 2 nitrogen and oxygen atoms in total. The van der Waals surface area contributed by atoms with E-state index in [1.807, 2.05) is 32.1 Å². The van der Waals surface area contributed by atoms with Crippen LogP contribution in [0.2, 0.25) is 0 Å². The van der Waals surface area contributed by atoms with Gasteiger partial charge in [-0.1, -0.05) is 37.8 Å².